The van der Waals surface area contributed by atoms with Gasteiger partial charge in [0, 0.05) is 6.54 Å². The quantitative estimate of drug-likeness (QED) is 0.281. The van der Waals surface area contributed by atoms with Gasteiger partial charge in [-0.1, -0.05) is 65.7 Å². The Kier molecular flexibility index (Phi) is 8.35. The summed E-state index contributed by atoms with van der Waals surface area (Å²) in [5.74, 6) is -0.595. The van der Waals surface area contributed by atoms with Crippen LogP contribution in [-0.2, 0) is 9.59 Å². The maximum absolute atomic E-state index is 12.4. The van der Waals surface area contributed by atoms with Crippen LogP contribution in [0.4, 0.5) is 0 Å². The van der Waals surface area contributed by atoms with Crippen molar-refractivity contribution < 1.29 is 14.7 Å². The molecule has 0 radical (unpaired) electrons. The minimum Gasteiger partial charge on any atom is -0.512 e. The summed E-state index contributed by atoms with van der Waals surface area (Å²) >= 11 is 0. The molecule has 0 unspecified atom stereocenters. The van der Waals surface area contributed by atoms with E-state index in [2.05, 4.69) is 6.92 Å². The number of likely N-dealkylation sites (tertiary alicyclic amines) is 1. The Morgan fingerprint density at radius 1 is 1.04 bits per heavy atom. The smallest absolute Gasteiger partial charge is 0.261 e. The molecule has 0 bridgehead atoms. The fourth-order valence-corrected chi connectivity index (χ4v) is 3.32. The van der Waals surface area contributed by atoms with Gasteiger partial charge in [-0.3, -0.25) is 9.59 Å². The molecular weight excluding hydrogens is 290 g/mol. The average Bonchev–Trinajstić information content (AvgIpc) is 2.72. The van der Waals surface area contributed by atoms with Crippen LogP contribution in [0.25, 0.3) is 0 Å². The third-order valence-corrected chi connectivity index (χ3v) is 4.57. The number of hydrogen-bond acceptors (Lipinski definition) is 3. The standard InChI is InChI=1S/C19H33NO3/c1-5-6-7-8-9-10-11-12-13-20-17(14(2)3)18(22)16(15(4)21)19(20)23/h14,17,21H,5-13H2,1-4H3/b16-15-/t17-/m0/s1. The van der Waals surface area contributed by atoms with Crippen molar-refractivity contribution in [1.29, 1.82) is 0 Å². The Bertz CT molecular complexity index is 436. The normalized spacial score (nSPS) is 20.7. The maximum atomic E-state index is 12.4. The molecule has 0 aromatic heterocycles. The molecule has 0 saturated carbocycles. The molecule has 1 amide bonds. The molecule has 4 heteroatoms. The number of carbonyl (C=O) groups excluding carboxylic acids is 2. The van der Waals surface area contributed by atoms with E-state index in [4.69, 9.17) is 0 Å². The van der Waals surface area contributed by atoms with E-state index in [1.807, 2.05) is 13.8 Å². The summed E-state index contributed by atoms with van der Waals surface area (Å²) in [6, 6.07) is -0.413. The van der Waals surface area contributed by atoms with E-state index in [1.165, 1.54) is 45.4 Å². The topological polar surface area (TPSA) is 57.6 Å². The molecule has 0 spiro atoms. The van der Waals surface area contributed by atoms with Gasteiger partial charge in [-0.2, -0.15) is 0 Å². The molecule has 1 rings (SSSR count). The monoisotopic (exact) mass is 323 g/mol. The number of aliphatic hydroxyl groups is 1. The van der Waals surface area contributed by atoms with Gasteiger partial charge in [-0.15, -0.1) is 0 Å². The number of Topliss-reactive ketones (excluding diaryl/α,β-unsaturated/α-hetero) is 1. The second kappa shape index (κ2) is 9.74. The van der Waals surface area contributed by atoms with Crippen LogP contribution in [0.15, 0.2) is 11.3 Å². The zero-order chi connectivity index (χ0) is 17.4. The van der Waals surface area contributed by atoms with Crippen molar-refractivity contribution in [2.75, 3.05) is 6.54 Å². The van der Waals surface area contributed by atoms with Gasteiger partial charge in [0.2, 0.25) is 0 Å². The first-order valence-electron chi connectivity index (χ1n) is 9.16. The number of ketones is 1. The molecule has 4 nitrogen and oxygen atoms in total. The molecule has 23 heavy (non-hydrogen) atoms. The van der Waals surface area contributed by atoms with Gasteiger partial charge in [-0.05, 0) is 19.3 Å². The number of carbonyl (C=O) groups is 2. The molecule has 0 aromatic rings. The minimum atomic E-state index is -0.413. The Morgan fingerprint density at radius 3 is 2.04 bits per heavy atom. The zero-order valence-electron chi connectivity index (χ0n) is 15.2. The number of rotatable bonds is 10. The predicted octanol–water partition coefficient (Wildman–Crippen LogP) is 4.40. The summed E-state index contributed by atoms with van der Waals surface area (Å²) in [7, 11) is 0. The Balaban J connectivity index is 2.46. The maximum Gasteiger partial charge on any atom is 0.261 e. The molecule has 1 saturated heterocycles. The first-order valence-corrected chi connectivity index (χ1v) is 9.16. The summed E-state index contributed by atoms with van der Waals surface area (Å²) in [6.45, 7) is 8.15. The van der Waals surface area contributed by atoms with E-state index in [-0.39, 0.29) is 28.9 Å². The van der Waals surface area contributed by atoms with E-state index in [1.54, 1.807) is 4.90 Å². The van der Waals surface area contributed by atoms with Crippen molar-refractivity contribution in [1.82, 2.24) is 4.90 Å². The van der Waals surface area contributed by atoms with Crippen LogP contribution in [0.3, 0.4) is 0 Å². The van der Waals surface area contributed by atoms with Crippen molar-refractivity contribution in [3.8, 4) is 0 Å². The summed E-state index contributed by atoms with van der Waals surface area (Å²) in [5.41, 5.74) is -0.0109. The number of unbranched alkanes of at least 4 members (excludes halogenated alkanes) is 7. The largest absolute Gasteiger partial charge is 0.512 e. The van der Waals surface area contributed by atoms with E-state index < -0.39 is 6.04 Å². The van der Waals surface area contributed by atoms with E-state index >= 15 is 0 Å². The number of amides is 1. The minimum absolute atomic E-state index is 0.0109. The lowest BCUT2D eigenvalue weighted by molar-refractivity contribution is -0.128. The summed E-state index contributed by atoms with van der Waals surface area (Å²) in [4.78, 5) is 26.4. The molecule has 1 fully saturated rings. The van der Waals surface area contributed by atoms with Crippen LogP contribution in [-0.4, -0.2) is 34.3 Å². The van der Waals surface area contributed by atoms with Gasteiger partial charge in [-0.25, -0.2) is 0 Å². The predicted molar refractivity (Wildman–Crippen MR) is 93.3 cm³/mol. The second-order valence-corrected chi connectivity index (χ2v) is 6.99. The van der Waals surface area contributed by atoms with Crippen LogP contribution in [0, 0.1) is 5.92 Å². The first-order chi connectivity index (χ1) is 10.9. The number of hydrogen-bond donors (Lipinski definition) is 1. The molecule has 0 aromatic carbocycles. The lowest BCUT2D eigenvalue weighted by atomic mass is 9.98. The highest BCUT2D eigenvalue weighted by molar-refractivity contribution is 6.26. The average molecular weight is 323 g/mol. The van der Waals surface area contributed by atoms with Crippen molar-refractivity contribution in [3.63, 3.8) is 0 Å². The molecule has 1 aliphatic heterocycles. The SMILES string of the molecule is CCCCCCCCCCN1C(=O)/C(=C(/C)O)C(=O)[C@@H]1C(C)C. The van der Waals surface area contributed by atoms with Gasteiger partial charge in [0.05, 0.1) is 6.04 Å². The summed E-state index contributed by atoms with van der Waals surface area (Å²) in [6.07, 6.45) is 9.64. The van der Waals surface area contributed by atoms with E-state index in [9.17, 15) is 14.7 Å². The van der Waals surface area contributed by atoms with Gasteiger partial charge in [0.25, 0.3) is 5.91 Å². The molecule has 1 N–H and O–H groups in total. The number of aliphatic hydroxyl groups excluding tert-OH is 1. The highest BCUT2D eigenvalue weighted by Crippen LogP contribution is 2.28. The van der Waals surface area contributed by atoms with Crippen molar-refractivity contribution in [2.45, 2.75) is 85.1 Å². The molecular formula is C19H33NO3. The summed E-state index contributed by atoms with van der Waals surface area (Å²) < 4.78 is 0. The highest BCUT2D eigenvalue weighted by atomic mass is 16.3. The summed E-state index contributed by atoms with van der Waals surface area (Å²) in [5, 5.41) is 9.63. The van der Waals surface area contributed by atoms with Crippen LogP contribution in [0.5, 0.6) is 0 Å². The second-order valence-electron chi connectivity index (χ2n) is 6.99. The van der Waals surface area contributed by atoms with Crippen molar-refractivity contribution in [3.05, 3.63) is 11.3 Å². The molecule has 1 aliphatic rings. The Hall–Kier alpha value is -1.32. The Morgan fingerprint density at radius 2 is 1.57 bits per heavy atom. The number of allylic oxidation sites excluding steroid dienone is 1. The van der Waals surface area contributed by atoms with Crippen LogP contribution >= 0.6 is 0 Å². The Labute approximate surface area is 140 Å². The third kappa shape index (κ3) is 5.36. The lowest BCUT2D eigenvalue weighted by Gasteiger charge is -2.25. The zero-order valence-corrected chi connectivity index (χ0v) is 15.2. The molecule has 132 valence electrons. The third-order valence-electron chi connectivity index (χ3n) is 4.57. The van der Waals surface area contributed by atoms with Crippen molar-refractivity contribution >= 4 is 11.7 Å². The van der Waals surface area contributed by atoms with Gasteiger partial charge in [0.1, 0.15) is 11.3 Å². The fourth-order valence-electron chi connectivity index (χ4n) is 3.32. The van der Waals surface area contributed by atoms with Gasteiger partial charge in [0.15, 0.2) is 5.78 Å². The first kappa shape index (κ1) is 19.7. The number of nitrogens with zero attached hydrogens (tertiary/aromatic N) is 1. The van der Waals surface area contributed by atoms with Crippen LogP contribution < -0.4 is 0 Å². The lowest BCUT2D eigenvalue weighted by Crippen LogP contribution is -2.39. The van der Waals surface area contributed by atoms with Crippen LogP contribution in [0.2, 0.25) is 0 Å². The highest BCUT2D eigenvalue weighted by Gasteiger charge is 2.45. The van der Waals surface area contributed by atoms with E-state index in [0.717, 1.165) is 12.8 Å². The fraction of sp³-hybridized carbons (Fsp3) is 0.789. The van der Waals surface area contributed by atoms with E-state index in [0.29, 0.717) is 6.54 Å². The molecule has 1 heterocycles. The molecule has 0 aliphatic carbocycles. The van der Waals surface area contributed by atoms with Gasteiger partial charge >= 0.3 is 0 Å². The molecule has 1 atom stereocenters. The van der Waals surface area contributed by atoms with Crippen LogP contribution in [0.1, 0.15) is 79.1 Å². The van der Waals surface area contributed by atoms with Crippen molar-refractivity contribution in [2.24, 2.45) is 5.92 Å². The van der Waals surface area contributed by atoms with Gasteiger partial charge < -0.3 is 10.0 Å².